The lowest BCUT2D eigenvalue weighted by Crippen LogP contribution is -2.78. The summed E-state index contributed by atoms with van der Waals surface area (Å²) in [5.74, 6) is -0.239. The summed E-state index contributed by atoms with van der Waals surface area (Å²) in [5, 5.41) is 6.67. The van der Waals surface area contributed by atoms with Crippen LogP contribution in [0.2, 0.25) is 0 Å². The van der Waals surface area contributed by atoms with Crippen LogP contribution in [0.25, 0.3) is 0 Å². The zero-order valence-electron chi connectivity index (χ0n) is 6.37. The molecule has 0 aromatic carbocycles. The van der Waals surface area contributed by atoms with E-state index in [1.807, 2.05) is 0 Å². The molecular weight excluding hydrogens is 162 g/mol. The average Bonchev–Trinajstić information content (AvgIpc) is 2.33. The van der Waals surface area contributed by atoms with Gasteiger partial charge in [0.05, 0.1) is 0 Å². The summed E-state index contributed by atoms with van der Waals surface area (Å²) < 4.78 is 4.27. The first-order valence-corrected chi connectivity index (χ1v) is 3.09. The lowest BCUT2D eigenvalue weighted by atomic mass is 10.4. The van der Waals surface area contributed by atoms with E-state index in [0.717, 1.165) is 0 Å². The molecule has 0 bridgehead atoms. The van der Waals surface area contributed by atoms with Crippen molar-refractivity contribution in [3.63, 3.8) is 0 Å². The van der Waals surface area contributed by atoms with E-state index in [2.05, 4.69) is 19.9 Å². The fraction of sp³-hybridized carbons (Fsp3) is 0.200. The predicted octanol–water partition coefficient (Wildman–Crippen LogP) is -3.02. The molecule has 0 saturated heterocycles. The Kier molecular flexibility index (Phi) is 2.04. The van der Waals surface area contributed by atoms with Crippen LogP contribution in [0.3, 0.4) is 0 Å². The van der Waals surface area contributed by atoms with Gasteiger partial charge in [-0.2, -0.15) is 0 Å². The number of anilines is 1. The molecule has 1 heterocycles. The molecule has 0 spiro atoms. The van der Waals surface area contributed by atoms with Crippen LogP contribution >= 0.6 is 0 Å². The zero-order valence-corrected chi connectivity index (χ0v) is 6.37. The molecule has 7 heteroatoms. The average molecular weight is 170 g/mol. The standard InChI is InChI=1S/C5H7N5O2/c1-2(11)8-4(6)3-5(7)10-12-9-3/h1H3,(H2,7,10)(H2,6,8,11)/p+1. The third-order valence-electron chi connectivity index (χ3n) is 1.08. The smallest absolute Gasteiger partial charge is 0.306 e. The van der Waals surface area contributed by atoms with Crippen LogP contribution in [0.5, 0.6) is 0 Å². The van der Waals surface area contributed by atoms with Crippen LogP contribution in [0.4, 0.5) is 5.82 Å². The number of hydrogen-bond donors (Lipinski definition) is 3. The predicted molar refractivity (Wildman–Crippen MR) is 38.7 cm³/mol. The maximum Gasteiger partial charge on any atom is 0.306 e. The Bertz CT molecular complexity index is 328. The molecular formula is C5H8N5O2+. The Morgan fingerprint density at radius 2 is 2.25 bits per heavy atom. The number of carbonyl (C=O) groups excluding carboxylic acids is 1. The lowest BCUT2D eigenvalue weighted by molar-refractivity contribution is -0.375. The maximum absolute atomic E-state index is 10.5. The van der Waals surface area contributed by atoms with Crippen molar-refractivity contribution in [3.05, 3.63) is 5.69 Å². The number of rotatable bonds is 1. The topological polar surface area (TPSA) is 122 Å². The summed E-state index contributed by atoms with van der Waals surface area (Å²) in [6, 6.07) is 0. The molecule has 0 radical (unpaired) electrons. The van der Waals surface area contributed by atoms with Crippen molar-refractivity contribution in [3.8, 4) is 0 Å². The van der Waals surface area contributed by atoms with Gasteiger partial charge in [-0.15, -0.1) is 0 Å². The largest absolute Gasteiger partial charge is 0.379 e. The van der Waals surface area contributed by atoms with Crippen molar-refractivity contribution in [2.75, 3.05) is 5.73 Å². The first-order chi connectivity index (χ1) is 5.61. The van der Waals surface area contributed by atoms with Crippen molar-refractivity contribution in [2.24, 2.45) is 5.73 Å². The van der Waals surface area contributed by atoms with E-state index in [1.54, 1.807) is 0 Å². The van der Waals surface area contributed by atoms with E-state index in [0.29, 0.717) is 0 Å². The third kappa shape index (κ3) is 1.57. The highest BCUT2D eigenvalue weighted by atomic mass is 16.6. The minimum absolute atomic E-state index is 0.0289. The number of aromatic nitrogens is 2. The number of hydrogen-bond acceptors (Lipinski definition) is 5. The molecule has 64 valence electrons. The fourth-order valence-electron chi connectivity index (χ4n) is 0.631. The zero-order chi connectivity index (χ0) is 9.14. The van der Waals surface area contributed by atoms with Crippen molar-refractivity contribution in [1.82, 2.24) is 10.3 Å². The van der Waals surface area contributed by atoms with Gasteiger partial charge in [0.25, 0.3) is 0 Å². The normalized spacial score (nSPS) is 11.6. The van der Waals surface area contributed by atoms with Crippen molar-refractivity contribution >= 4 is 17.6 Å². The quantitative estimate of drug-likeness (QED) is 0.304. The highest BCUT2D eigenvalue weighted by molar-refractivity contribution is 5.96. The molecule has 0 aliphatic carbocycles. The molecule has 0 saturated carbocycles. The fourth-order valence-corrected chi connectivity index (χ4v) is 0.631. The van der Waals surface area contributed by atoms with E-state index in [1.165, 1.54) is 6.92 Å². The molecule has 0 aliphatic heterocycles. The molecule has 1 aromatic rings. The Balaban J connectivity index is 2.99. The number of amidine groups is 1. The van der Waals surface area contributed by atoms with Gasteiger partial charge in [0.2, 0.25) is 11.5 Å². The second kappa shape index (κ2) is 2.99. The molecule has 0 unspecified atom stereocenters. The summed E-state index contributed by atoms with van der Waals surface area (Å²) in [4.78, 5) is 12.8. The number of carbonyl (C=O) groups is 1. The number of nitrogens with two attached hydrogens (primary N) is 2. The summed E-state index contributed by atoms with van der Waals surface area (Å²) >= 11 is 0. The number of nitrogen functional groups attached to an aromatic ring is 2. The first-order valence-electron chi connectivity index (χ1n) is 3.09. The molecule has 1 amide bonds. The molecule has 0 atom stereocenters. The van der Waals surface area contributed by atoms with Crippen LogP contribution in [0.15, 0.2) is 4.63 Å². The van der Waals surface area contributed by atoms with Crippen molar-refractivity contribution < 1.29 is 14.4 Å². The molecule has 1 rings (SSSR count). The van der Waals surface area contributed by atoms with Gasteiger partial charge in [0, 0.05) is 6.92 Å². The van der Waals surface area contributed by atoms with Gasteiger partial charge in [0.1, 0.15) is 0 Å². The van der Waals surface area contributed by atoms with Crippen molar-refractivity contribution in [2.45, 2.75) is 6.92 Å². The van der Waals surface area contributed by atoms with E-state index in [9.17, 15) is 4.79 Å². The maximum atomic E-state index is 10.5. The van der Waals surface area contributed by atoms with Crippen LogP contribution in [-0.2, 0) is 4.79 Å². The number of amides is 1. The van der Waals surface area contributed by atoms with Crippen LogP contribution < -0.4 is 16.5 Å². The highest BCUT2D eigenvalue weighted by Gasteiger charge is 2.15. The summed E-state index contributed by atoms with van der Waals surface area (Å²) in [5.41, 5.74) is 10.8. The van der Waals surface area contributed by atoms with Gasteiger partial charge in [-0.25, -0.2) is 14.4 Å². The molecule has 12 heavy (non-hydrogen) atoms. The van der Waals surface area contributed by atoms with E-state index >= 15 is 0 Å². The number of nitrogens with one attached hydrogen (secondary N) is 1. The van der Waals surface area contributed by atoms with E-state index < -0.39 is 0 Å². The monoisotopic (exact) mass is 170 g/mol. The molecule has 5 N–H and O–H groups in total. The minimum atomic E-state index is -0.310. The van der Waals surface area contributed by atoms with Gasteiger partial charge in [-0.3, -0.25) is 5.73 Å². The van der Waals surface area contributed by atoms with Gasteiger partial charge >= 0.3 is 11.7 Å². The third-order valence-corrected chi connectivity index (χ3v) is 1.08. The Labute approximate surface area is 67.4 Å². The lowest BCUT2D eigenvalue weighted by Gasteiger charge is -1.85. The molecule has 1 aromatic heterocycles. The minimum Gasteiger partial charge on any atom is -0.379 e. The van der Waals surface area contributed by atoms with Crippen molar-refractivity contribution in [1.29, 1.82) is 0 Å². The van der Waals surface area contributed by atoms with Crippen LogP contribution in [0.1, 0.15) is 12.6 Å². The van der Waals surface area contributed by atoms with Gasteiger partial charge < -0.3 is 5.73 Å². The van der Waals surface area contributed by atoms with Crippen LogP contribution in [0, 0.1) is 0 Å². The Hall–Kier alpha value is -1.92. The second-order valence-electron chi connectivity index (χ2n) is 2.09. The van der Waals surface area contributed by atoms with Gasteiger partial charge in [-0.1, -0.05) is 0 Å². The van der Waals surface area contributed by atoms with E-state index in [-0.39, 0.29) is 23.3 Å². The van der Waals surface area contributed by atoms with Crippen LogP contribution in [-0.4, -0.2) is 22.1 Å². The number of nitrogens with zero attached hydrogens (tertiary/aromatic N) is 2. The molecule has 7 nitrogen and oxygen atoms in total. The van der Waals surface area contributed by atoms with Gasteiger partial charge in [-0.05, 0) is 10.3 Å². The SMILES string of the molecule is CC(=O)[NH+]=C(N)c1nonc1N. The summed E-state index contributed by atoms with van der Waals surface area (Å²) in [6.07, 6.45) is 0. The summed E-state index contributed by atoms with van der Waals surface area (Å²) in [6.45, 7) is 1.32. The second-order valence-corrected chi connectivity index (χ2v) is 2.09. The Morgan fingerprint density at radius 1 is 1.58 bits per heavy atom. The van der Waals surface area contributed by atoms with E-state index in [4.69, 9.17) is 11.5 Å². The summed E-state index contributed by atoms with van der Waals surface area (Å²) in [7, 11) is 0. The first kappa shape index (κ1) is 8.18. The van der Waals surface area contributed by atoms with Gasteiger partial charge in [0.15, 0.2) is 0 Å². The Morgan fingerprint density at radius 3 is 2.67 bits per heavy atom. The highest BCUT2D eigenvalue weighted by Crippen LogP contribution is 1.99. The molecule has 0 aliphatic rings. The molecule has 0 fully saturated rings.